The highest BCUT2D eigenvalue weighted by Crippen LogP contribution is 2.30. The lowest BCUT2D eigenvalue weighted by molar-refractivity contribution is -0.112. The fourth-order valence-electron chi connectivity index (χ4n) is 2.71. The first kappa shape index (κ1) is 22.0. The molecule has 0 atom stereocenters. The minimum atomic E-state index is -2.48. The van der Waals surface area contributed by atoms with E-state index in [4.69, 9.17) is 4.42 Å². The zero-order valence-corrected chi connectivity index (χ0v) is 18.6. The molecule has 0 spiro atoms. The first-order chi connectivity index (χ1) is 15.5. The van der Waals surface area contributed by atoms with Gasteiger partial charge in [-0.05, 0) is 35.7 Å². The van der Waals surface area contributed by atoms with E-state index >= 15 is 0 Å². The smallest absolute Gasteiger partial charge is 0.288 e. The summed E-state index contributed by atoms with van der Waals surface area (Å²) in [7, 11) is 0. The summed E-state index contributed by atoms with van der Waals surface area (Å²) in [5.41, 5.74) is 1.31. The fraction of sp³-hybridized carbons (Fsp3) is 0.0455. The van der Waals surface area contributed by atoms with Crippen LogP contribution in [-0.2, 0) is 4.79 Å². The Bertz CT molecular complexity index is 1290. The molecule has 0 saturated carbocycles. The van der Waals surface area contributed by atoms with Crippen LogP contribution in [0.15, 0.2) is 74.2 Å². The number of hydrogen-bond donors (Lipinski definition) is 1. The highest BCUT2D eigenvalue weighted by molar-refractivity contribution is 7.99. The van der Waals surface area contributed by atoms with Crippen LogP contribution in [-0.4, -0.2) is 16.6 Å². The summed E-state index contributed by atoms with van der Waals surface area (Å²) in [4.78, 5) is 18.3. The second-order valence-electron chi connectivity index (χ2n) is 6.24. The quantitative estimate of drug-likeness (QED) is 0.173. The number of thioether (sulfide) groups is 1. The number of alkyl halides is 2. The number of thiophene rings is 1. The van der Waals surface area contributed by atoms with Crippen molar-refractivity contribution in [1.82, 2.24) is 4.98 Å². The molecule has 3 aromatic heterocycles. The number of carbonyl (C=O) groups excluding carboxylic acids is 1. The number of nitrogens with one attached hydrogen (secondary N) is 1. The Balaban J connectivity index is 1.46. The molecule has 0 aliphatic rings. The third-order valence-electron chi connectivity index (χ3n) is 4.14. The average Bonchev–Trinajstić information content (AvgIpc) is 3.53. The van der Waals surface area contributed by atoms with Crippen molar-refractivity contribution in [2.45, 2.75) is 10.7 Å². The lowest BCUT2D eigenvalue weighted by Crippen LogP contribution is -2.13. The van der Waals surface area contributed by atoms with Crippen LogP contribution in [0.4, 0.5) is 13.9 Å². The average molecular weight is 486 g/mol. The molecule has 1 aromatic carbocycles. The standard InChI is InChI=1S/C22H13F2N3O2S3/c23-21(24)32-16-6-3-13(4-7-16)18-8-5-15(29-18)10-14(11-25)20(28)27-22-26-17(12-31-22)19-2-1-9-30-19/h1-10,12,21H,(H,26,27,28)/b14-10+. The summed E-state index contributed by atoms with van der Waals surface area (Å²) < 4.78 is 30.6. The third kappa shape index (κ3) is 5.31. The maximum Gasteiger partial charge on any atom is 0.288 e. The number of amides is 1. The molecule has 32 heavy (non-hydrogen) atoms. The molecular formula is C22H13F2N3O2S3. The molecule has 160 valence electrons. The van der Waals surface area contributed by atoms with Crippen molar-refractivity contribution in [2.75, 3.05) is 5.32 Å². The number of carbonyl (C=O) groups is 1. The van der Waals surface area contributed by atoms with E-state index in [0.717, 1.165) is 10.6 Å². The van der Waals surface area contributed by atoms with Gasteiger partial charge in [0, 0.05) is 21.9 Å². The van der Waals surface area contributed by atoms with Crippen molar-refractivity contribution in [3.05, 3.63) is 70.6 Å². The number of nitriles is 1. The second-order valence-corrected chi connectivity index (χ2v) is 9.11. The van der Waals surface area contributed by atoms with Crippen molar-refractivity contribution in [1.29, 1.82) is 5.26 Å². The van der Waals surface area contributed by atoms with Crippen LogP contribution in [0.25, 0.3) is 28.0 Å². The number of rotatable bonds is 7. The Labute approximate surface area is 194 Å². The normalized spacial score (nSPS) is 11.5. The van der Waals surface area contributed by atoms with Crippen molar-refractivity contribution in [3.8, 4) is 28.0 Å². The van der Waals surface area contributed by atoms with Gasteiger partial charge >= 0.3 is 0 Å². The number of furan rings is 1. The summed E-state index contributed by atoms with van der Waals surface area (Å²) in [6, 6.07) is 15.5. The summed E-state index contributed by atoms with van der Waals surface area (Å²) in [6.07, 6.45) is 1.34. The molecule has 5 nitrogen and oxygen atoms in total. The first-order valence-electron chi connectivity index (χ1n) is 9.09. The van der Waals surface area contributed by atoms with Gasteiger partial charge in [-0.2, -0.15) is 14.0 Å². The highest BCUT2D eigenvalue weighted by Gasteiger charge is 2.14. The van der Waals surface area contributed by atoms with Gasteiger partial charge in [0.05, 0.1) is 10.6 Å². The number of benzene rings is 1. The summed E-state index contributed by atoms with van der Waals surface area (Å²) in [5.74, 6) is -2.27. The minimum absolute atomic E-state index is 0.137. The van der Waals surface area contributed by atoms with E-state index in [0.29, 0.717) is 38.9 Å². The van der Waals surface area contributed by atoms with Gasteiger partial charge in [-0.3, -0.25) is 10.1 Å². The van der Waals surface area contributed by atoms with E-state index in [1.165, 1.54) is 17.4 Å². The topological polar surface area (TPSA) is 78.9 Å². The Morgan fingerprint density at radius 2 is 2.00 bits per heavy atom. The summed E-state index contributed by atoms with van der Waals surface area (Å²) in [5, 5.41) is 16.2. The molecule has 4 aromatic rings. The number of nitrogens with zero attached hydrogens (tertiary/aromatic N) is 2. The molecule has 0 fully saturated rings. The van der Waals surface area contributed by atoms with Gasteiger partial charge in [0.1, 0.15) is 23.2 Å². The van der Waals surface area contributed by atoms with Crippen LogP contribution >= 0.6 is 34.4 Å². The zero-order valence-electron chi connectivity index (χ0n) is 16.1. The van der Waals surface area contributed by atoms with Crippen molar-refractivity contribution < 1.29 is 18.0 Å². The molecular weight excluding hydrogens is 472 g/mol. The van der Waals surface area contributed by atoms with Crippen LogP contribution < -0.4 is 5.32 Å². The Morgan fingerprint density at radius 1 is 1.19 bits per heavy atom. The molecule has 0 aliphatic heterocycles. The van der Waals surface area contributed by atoms with Crippen LogP contribution in [0.5, 0.6) is 0 Å². The Kier molecular flexibility index (Phi) is 6.80. The lowest BCUT2D eigenvalue weighted by Gasteiger charge is -2.01. The Hall–Kier alpha value is -3.26. The Morgan fingerprint density at radius 3 is 2.69 bits per heavy atom. The van der Waals surface area contributed by atoms with E-state index in [2.05, 4.69) is 10.3 Å². The molecule has 1 amide bonds. The number of halogens is 2. The number of anilines is 1. The number of hydrogen-bond acceptors (Lipinski definition) is 7. The van der Waals surface area contributed by atoms with Gasteiger partial charge in [-0.1, -0.05) is 30.0 Å². The third-order valence-corrected chi connectivity index (χ3v) is 6.51. The van der Waals surface area contributed by atoms with Gasteiger partial charge < -0.3 is 4.42 Å². The maximum absolute atomic E-state index is 12.5. The van der Waals surface area contributed by atoms with Gasteiger partial charge in [0.2, 0.25) is 0 Å². The van der Waals surface area contributed by atoms with Gasteiger partial charge in [-0.15, -0.1) is 22.7 Å². The predicted molar refractivity (Wildman–Crippen MR) is 124 cm³/mol. The molecule has 0 aliphatic carbocycles. The van der Waals surface area contributed by atoms with Crippen molar-refractivity contribution in [3.63, 3.8) is 0 Å². The molecule has 1 N–H and O–H groups in total. The van der Waals surface area contributed by atoms with Crippen LogP contribution in [0.2, 0.25) is 0 Å². The summed E-state index contributed by atoms with van der Waals surface area (Å²) >= 11 is 3.28. The van der Waals surface area contributed by atoms with Crippen molar-refractivity contribution >= 4 is 51.6 Å². The molecule has 0 unspecified atom stereocenters. The monoisotopic (exact) mass is 485 g/mol. The van der Waals surface area contributed by atoms with E-state index in [1.54, 1.807) is 47.7 Å². The van der Waals surface area contributed by atoms with E-state index in [-0.39, 0.29) is 5.57 Å². The van der Waals surface area contributed by atoms with Crippen molar-refractivity contribution in [2.24, 2.45) is 0 Å². The van der Waals surface area contributed by atoms with Crippen LogP contribution in [0, 0.1) is 11.3 Å². The first-order valence-corrected chi connectivity index (χ1v) is 11.7. The van der Waals surface area contributed by atoms with Gasteiger partial charge in [-0.25, -0.2) is 4.98 Å². The molecule has 10 heteroatoms. The SMILES string of the molecule is N#C/C(=C\c1ccc(-c2ccc(SC(F)F)cc2)o1)C(=O)Nc1nc(-c2cccs2)cs1. The fourth-order valence-corrected chi connectivity index (χ4v) is 4.68. The predicted octanol–water partition coefficient (Wildman–Crippen LogP) is 6.99. The van der Waals surface area contributed by atoms with E-state index in [1.807, 2.05) is 29.0 Å². The van der Waals surface area contributed by atoms with Crippen LogP contribution in [0.3, 0.4) is 0 Å². The molecule has 4 rings (SSSR count). The van der Waals surface area contributed by atoms with Gasteiger partial charge in [0.15, 0.2) is 5.13 Å². The summed E-state index contributed by atoms with van der Waals surface area (Å²) in [6.45, 7) is 0. The van der Waals surface area contributed by atoms with Gasteiger partial charge in [0.25, 0.3) is 11.7 Å². The van der Waals surface area contributed by atoms with E-state index in [9.17, 15) is 18.8 Å². The van der Waals surface area contributed by atoms with Crippen LogP contribution in [0.1, 0.15) is 5.76 Å². The second kappa shape index (κ2) is 9.91. The number of aromatic nitrogens is 1. The lowest BCUT2D eigenvalue weighted by atomic mass is 10.2. The largest absolute Gasteiger partial charge is 0.457 e. The molecule has 0 bridgehead atoms. The number of thiazole rings is 1. The zero-order chi connectivity index (χ0) is 22.5. The molecule has 3 heterocycles. The minimum Gasteiger partial charge on any atom is -0.457 e. The molecule has 0 saturated heterocycles. The van der Waals surface area contributed by atoms with E-state index < -0.39 is 11.7 Å². The maximum atomic E-state index is 12.5. The molecule has 0 radical (unpaired) electrons. The highest BCUT2D eigenvalue weighted by atomic mass is 32.2.